The van der Waals surface area contributed by atoms with E-state index >= 15 is 0 Å². The number of rotatable bonds is 2. The molecule has 0 atom stereocenters. The van der Waals surface area contributed by atoms with Gasteiger partial charge < -0.3 is 4.90 Å². The van der Waals surface area contributed by atoms with Crippen LogP contribution in [0.2, 0.25) is 0 Å². The highest BCUT2D eigenvalue weighted by Gasteiger charge is 2.28. The minimum atomic E-state index is -1.25. The summed E-state index contributed by atoms with van der Waals surface area (Å²) in [5, 5.41) is 19.3. The van der Waals surface area contributed by atoms with Gasteiger partial charge in [0.25, 0.3) is 5.91 Å². The van der Waals surface area contributed by atoms with Crippen molar-refractivity contribution in [3.05, 3.63) is 39.4 Å². The van der Waals surface area contributed by atoms with Gasteiger partial charge in [0.1, 0.15) is 5.82 Å². The Morgan fingerprint density at radius 3 is 2.48 bits per heavy atom. The van der Waals surface area contributed by atoms with E-state index in [1.807, 2.05) is 0 Å². The predicted octanol–water partition coefficient (Wildman–Crippen LogP) is 2.25. The molecule has 0 aliphatic carbocycles. The molecule has 21 heavy (non-hydrogen) atoms. The van der Waals surface area contributed by atoms with Gasteiger partial charge in [-0.1, -0.05) is 0 Å². The van der Waals surface area contributed by atoms with Crippen LogP contribution in [0.15, 0.2) is 12.1 Å². The van der Waals surface area contributed by atoms with Crippen molar-refractivity contribution in [3.8, 4) is 6.07 Å². The molecule has 1 fully saturated rings. The Hall–Kier alpha value is -2.56. The number of nitro groups is 1. The Kier molecular flexibility index (Phi) is 4.12. The number of benzene rings is 1. The van der Waals surface area contributed by atoms with Crippen molar-refractivity contribution in [3.63, 3.8) is 0 Å². The minimum Gasteiger partial charge on any atom is -0.338 e. The molecule has 1 aliphatic rings. The van der Waals surface area contributed by atoms with Crippen molar-refractivity contribution in [2.24, 2.45) is 5.92 Å². The van der Waals surface area contributed by atoms with Crippen LogP contribution in [0.1, 0.15) is 23.2 Å². The van der Waals surface area contributed by atoms with E-state index in [-0.39, 0.29) is 19.0 Å². The highest BCUT2D eigenvalue weighted by Crippen LogP contribution is 2.24. The van der Waals surface area contributed by atoms with Crippen LogP contribution in [0.3, 0.4) is 0 Å². The van der Waals surface area contributed by atoms with Gasteiger partial charge in [0.2, 0.25) is 5.82 Å². The van der Waals surface area contributed by atoms with Crippen LogP contribution in [-0.2, 0) is 0 Å². The highest BCUT2D eigenvalue weighted by atomic mass is 19.1. The summed E-state index contributed by atoms with van der Waals surface area (Å²) in [6, 6.07) is 3.05. The number of piperidine rings is 1. The predicted molar refractivity (Wildman–Crippen MR) is 67.3 cm³/mol. The van der Waals surface area contributed by atoms with Crippen LogP contribution >= 0.6 is 0 Å². The third-order valence-electron chi connectivity index (χ3n) is 3.43. The van der Waals surface area contributed by atoms with Crippen molar-refractivity contribution in [1.82, 2.24) is 4.90 Å². The Bertz CT molecular complexity index is 634. The Morgan fingerprint density at radius 1 is 1.33 bits per heavy atom. The third kappa shape index (κ3) is 2.97. The maximum Gasteiger partial charge on any atom is 0.307 e. The van der Waals surface area contributed by atoms with Crippen molar-refractivity contribution in [2.45, 2.75) is 12.8 Å². The minimum absolute atomic E-state index is 0.146. The van der Waals surface area contributed by atoms with E-state index in [0.717, 1.165) is 0 Å². The molecule has 0 saturated carbocycles. The van der Waals surface area contributed by atoms with Crippen LogP contribution in [0.25, 0.3) is 0 Å². The van der Waals surface area contributed by atoms with E-state index in [0.29, 0.717) is 25.0 Å². The fourth-order valence-electron chi connectivity index (χ4n) is 2.22. The van der Waals surface area contributed by atoms with E-state index in [2.05, 4.69) is 6.07 Å². The molecular weight excluding hydrogens is 284 g/mol. The third-order valence-corrected chi connectivity index (χ3v) is 3.43. The lowest BCUT2D eigenvalue weighted by molar-refractivity contribution is -0.387. The fourth-order valence-corrected chi connectivity index (χ4v) is 2.22. The second-order valence-electron chi connectivity index (χ2n) is 4.74. The SMILES string of the molecule is N#CC1CCN(C(=O)c2cc(F)c([N+](=O)[O-])cc2F)CC1. The molecule has 1 saturated heterocycles. The number of likely N-dealkylation sites (tertiary alicyclic amines) is 1. The highest BCUT2D eigenvalue weighted by molar-refractivity contribution is 5.94. The molecule has 1 amide bonds. The number of carbonyl (C=O) groups is 1. The first kappa shape index (κ1) is 14.8. The number of nitro benzene ring substituents is 1. The summed E-state index contributed by atoms with van der Waals surface area (Å²) < 4.78 is 27.3. The Morgan fingerprint density at radius 2 is 1.95 bits per heavy atom. The second kappa shape index (κ2) is 5.83. The monoisotopic (exact) mass is 295 g/mol. The van der Waals surface area contributed by atoms with Crippen molar-refractivity contribution < 1.29 is 18.5 Å². The first-order chi connectivity index (χ1) is 9.93. The fraction of sp³-hybridized carbons (Fsp3) is 0.385. The second-order valence-corrected chi connectivity index (χ2v) is 4.74. The number of nitriles is 1. The smallest absolute Gasteiger partial charge is 0.307 e. The van der Waals surface area contributed by atoms with E-state index in [4.69, 9.17) is 5.26 Å². The molecule has 1 heterocycles. The Labute approximate surface area is 118 Å². The molecule has 1 aromatic rings. The molecule has 0 bridgehead atoms. The molecule has 1 aliphatic heterocycles. The zero-order chi connectivity index (χ0) is 15.6. The molecule has 1 aromatic carbocycles. The molecule has 0 spiro atoms. The summed E-state index contributed by atoms with van der Waals surface area (Å²) in [7, 11) is 0. The number of hydrogen-bond donors (Lipinski definition) is 0. The standard InChI is InChI=1S/C13H11F2N3O3/c14-10-6-12(18(20)21)11(15)5-9(10)13(19)17-3-1-8(7-16)2-4-17/h5-6,8H,1-4H2. The lowest BCUT2D eigenvalue weighted by Crippen LogP contribution is -2.38. The first-order valence-corrected chi connectivity index (χ1v) is 6.26. The van der Waals surface area contributed by atoms with Crippen molar-refractivity contribution in [1.29, 1.82) is 5.26 Å². The van der Waals surface area contributed by atoms with Gasteiger partial charge in [-0.2, -0.15) is 9.65 Å². The number of halogens is 2. The summed E-state index contributed by atoms with van der Waals surface area (Å²) in [5.74, 6) is -3.25. The average Bonchev–Trinajstić information content (AvgIpc) is 2.48. The lowest BCUT2D eigenvalue weighted by Gasteiger charge is -2.29. The summed E-state index contributed by atoms with van der Waals surface area (Å²) >= 11 is 0. The van der Waals surface area contributed by atoms with E-state index < -0.39 is 33.7 Å². The molecule has 0 aromatic heterocycles. The Balaban J connectivity index is 2.23. The largest absolute Gasteiger partial charge is 0.338 e. The van der Waals surface area contributed by atoms with Gasteiger partial charge in [-0.05, 0) is 18.9 Å². The van der Waals surface area contributed by atoms with E-state index in [1.165, 1.54) is 4.90 Å². The summed E-state index contributed by atoms with van der Waals surface area (Å²) in [6.07, 6.45) is 0.943. The topological polar surface area (TPSA) is 87.2 Å². The average molecular weight is 295 g/mol. The van der Waals surface area contributed by atoms with Crippen molar-refractivity contribution in [2.75, 3.05) is 13.1 Å². The van der Waals surface area contributed by atoms with E-state index in [1.54, 1.807) is 0 Å². The van der Waals surface area contributed by atoms with Gasteiger partial charge >= 0.3 is 5.69 Å². The molecule has 0 unspecified atom stereocenters. The quantitative estimate of drug-likeness (QED) is 0.618. The number of nitrogens with zero attached hydrogens (tertiary/aromatic N) is 3. The summed E-state index contributed by atoms with van der Waals surface area (Å²) in [4.78, 5) is 22.9. The van der Waals surface area contributed by atoms with Crippen LogP contribution in [0.5, 0.6) is 0 Å². The number of carbonyl (C=O) groups excluding carboxylic acids is 1. The summed E-state index contributed by atoms with van der Waals surface area (Å²) in [6.45, 7) is 0.546. The zero-order valence-electron chi connectivity index (χ0n) is 10.9. The van der Waals surface area contributed by atoms with Crippen molar-refractivity contribution >= 4 is 11.6 Å². The van der Waals surface area contributed by atoms with E-state index in [9.17, 15) is 23.7 Å². The zero-order valence-corrected chi connectivity index (χ0v) is 10.9. The number of hydrogen-bond acceptors (Lipinski definition) is 4. The van der Waals surface area contributed by atoms with Gasteiger partial charge in [-0.25, -0.2) is 4.39 Å². The number of amides is 1. The molecule has 0 radical (unpaired) electrons. The van der Waals surface area contributed by atoms with Gasteiger partial charge in [-0.3, -0.25) is 14.9 Å². The van der Waals surface area contributed by atoms with Gasteiger partial charge in [0.15, 0.2) is 0 Å². The molecular formula is C13H11F2N3O3. The lowest BCUT2D eigenvalue weighted by atomic mass is 9.98. The normalized spacial score (nSPS) is 15.6. The molecule has 110 valence electrons. The molecule has 0 N–H and O–H groups in total. The maximum absolute atomic E-state index is 13.8. The summed E-state index contributed by atoms with van der Waals surface area (Å²) in [5.41, 5.74) is -1.54. The van der Waals surface area contributed by atoms with Gasteiger partial charge in [-0.15, -0.1) is 0 Å². The van der Waals surface area contributed by atoms with Crippen LogP contribution in [0.4, 0.5) is 14.5 Å². The van der Waals surface area contributed by atoms with Crippen LogP contribution in [-0.4, -0.2) is 28.8 Å². The molecule has 2 rings (SSSR count). The van der Waals surface area contributed by atoms with Gasteiger partial charge in [0, 0.05) is 19.0 Å². The van der Waals surface area contributed by atoms with Crippen LogP contribution < -0.4 is 0 Å². The maximum atomic E-state index is 13.8. The first-order valence-electron chi connectivity index (χ1n) is 6.26. The molecule has 6 nitrogen and oxygen atoms in total. The van der Waals surface area contributed by atoms with Crippen LogP contribution in [0, 0.1) is 39.0 Å². The molecule has 8 heteroatoms. The van der Waals surface area contributed by atoms with Gasteiger partial charge in [0.05, 0.1) is 22.6 Å².